The van der Waals surface area contributed by atoms with E-state index >= 15 is 0 Å². The van der Waals surface area contributed by atoms with Crippen LogP contribution in [0.3, 0.4) is 0 Å². The van der Waals surface area contributed by atoms with E-state index in [0.717, 1.165) is 16.7 Å². The van der Waals surface area contributed by atoms with Crippen LogP contribution in [0.4, 0.5) is 0 Å². The molecule has 0 aliphatic rings. The molecule has 0 saturated heterocycles. The molecule has 0 fully saturated rings. The van der Waals surface area contributed by atoms with Crippen LogP contribution in [0.15, 0.2) is 59.0 Å². The summed E-state index contributed by atoms with van der Waals surface area (Å²) in [7, 11) is -1.97. The fourth-order valence-corrected chi connectivity index (χ4v) is 3.85. The molecule has 0 radical (unpaired) electrons. The number of furan rings is 1. The molecule has 0 spiro atoms. The molecule has 6 nitrogen and oxygen atoms in total. The third kappa shape index (κ3) is 4.88. The predicted octanol–water partition coefficient (Wildman–Crippen LogP) is 2.81. The minimum absolute atomic E-state index is 0.0739. The molecule has 1 aromatic heterocycles. The van der Waals surface area contributed by atoms with E-state index in [9.17, 15) is 13.5 Å². The summed E-state index contributed by atoms with van der Waals surface area (Å²) in [5.41, 5.74) is 0.0898. The molecule has 0 unspecified atom stereocenters. The summed E-state index contributed by atoms with van der Waals surface area (Å²) in [4.78, 5) is 0. The fraction of sp³-hybridized carbons (Fsp3) is 0.300. The van der Waals surface area contributed by atoms with Crippen molar-refractivity contribution in [1.82, 2.24) is 4.72 Å². The van der Waals surface area contributed by atoms with Crippen molar-refractivity contribution in [3.05, 3.63) is 65.9 Å². The average molecular weight is 389 g/mol. The molecule has 0 amide bonds. The number of nitrogens with one attached hydrogen (secondary N) is 1. The molecule has 0 bridgehead atoms. The van der Waals surface area contributed by atoms with Gasteiger partial charge in [-0.3, -0.25) is 0 Å². The van der Waals surface area contributed by atoms with Crippen molar-refractivity contribution in [3.8, 4) is 5.75 Å². The zero-order valence-electron chi connectivity index (χ0n) is 15.3. The van der Waals surface area contributed by atoms with E-state index in [0.29, 0.717) is 17.8 Å². The second kappa shape index (κ2) is 7.72. The molecule has 7 heteroatoms. The molecule has 2 aromatic carbocycles. The number of fused-ring (bicyclic) bond motifs is 1. The summed E-state index contributed by atoms with van der Waals surface area (Å²) >= 11 is 0. The van der Waals surface area contributed by atoms with Crippen molar-refractivity contribution in [2.75, 3.05) is 19.4 Å². The van der Waals surface area contributed by atoms with Gasteiger partial charge in [0.15, 0.2) is 0 Å². The first-order valence-electron chi connectivity index (χ1n) is 8.61. The SMILES string of the molecule is COc1ccc(CCS(=O)(=O)NC[C@](C)(O)c2cc3ccccc3o2)cc1. The highest BCUT2D eigenvalue weighted by molar-refractivity contribution is 7.89. The van der Waals surface area contributed by atoms with E-state index in [2.05, 4.69) is 4.72 Å². The molecule has 2 N–H and O–H groups in total. The number of sulfonamides is 1. The van der Waals surface area contributed by atoms with E-state index in [-0.39, 0.29) is 12.3 Å². The molecule has 0 saturated carbocycles. The number of benzene rings is 2. The third-order valence-electron chi connectivity index (χ3n) is 4.41. The van der Waals surface area contributed by atoms with Gasteiger partial charge in [0.2, 0.25) is 10.0 Å². The van der Waals surface area contributed by atoms with Crippen LogP contribution < -0.4 is 9.46 Å². The van der Waals surface area contributed by atoms with Gasteiger partial charge in [0, 0.05) is 11.9 Å². The first-order chi connectivity index (χ1) is 12.8. The number of hydrogen-bond acceptors (Lipinski definition) is 5. The summed E-state index contributed by atoms with van der Waals surface area (Å²) in [6.07, 6.45) is 0.367. The largest absolute Gasteiger partial charge is 0.497 e. The lowest BCUT2D eigenvalue weighted by Crippen LogP contribution is -2.39. The molecular formula is C20H23NO5S. The maximum atomic E-state index is 12.3. The smallest absolute Gasteiger partial charge is 0.212 e. The first-order valence-corrected chi connectivity index (χ1v) is 10.3. The van der Waals surface area contributed by atoms with Gasteiger partial charge in [-0.15, -0.1) is 0 Å². The van der Waals surface area contributed by atoms with Crippen LogP contribution in [-0.4, -0.2) is 32.9 Å². The Morgan fingerprint density at radius 3 is 2.52 bits per heavy atom. The van der Waals surface area contributed by atoms with Crippen molar-refractivity contribution in [1.29, 1.82) is 0 Å². The standard InChI is InChI=1S/C20H23NO5S/c1-20(22,19-13-16-5-3-4-6-18(16)26-19)14-21-27(23,24)12-11-15-7-9-17(25-2)10-8-15/h3-10,13,21-22H,11-12,14H2,1-2H3/t20-/m0/s1. The summed E-state index contributed by atoms with van der Waals surface area (Å²) < 4.78 is 37.8. The molecule has 3 aromatic rings. The van der Waals surface area contributed by atoms with Crippen LogP contribution >= 0.6 is 0 Å². The number of rotatable bonds is 8. The Hall–Kier alpha value is -2.35. The number of aryl methyl sites for hydroxylation is 1. The second-order valence-corrected chi connectivity index (χ2v) is 8.59. The Bertz CT molecular complexity index is 973. The third-order valence-corrected chi connectivity index (χ3v) is 5.74. The molecular weight excluding hydrogens is 366 g/mol. The Morgan fingerprint density at radius 2 is 1.85 bits per heavy atom. The summed E-state index contributed by atoms with van der Waals surface area (Å²) in [5, 5.41) is 11.5. The monoisotopic (exact) mass is 389 g/mol. The van der Waals surface area contributed by atoms with Gasteiger partial charge >= 0.3 is 0 Å². The van der Waals surface area contributed by atoms with Gasteiger partial charge in [-0.05, 0) is 43.2 Å². The molecule has 3 rings (SSSR count). The van der Waals surface area contributed by atoms with Crippen LogP contribution in [0.2, 0.25) is 0 Å². The lowest BCUT2D eigenvalue weighted by Gasteiger charge is -2.21. The van der Waals surface area contributed by atoms with Crippen molar-refractivity contribution < 1.29 is 22.7 Å². The Morgan fingerprint density at radius 1 is 1.15 bits per heavy atom. The maximum absolute atomic E-state index is 12.3. The van der Waals surface area contributed by atoms with E-state index < -0.39 is 15.6 Å². The van der Waals surface area contributed by atoms with Crippen molar-refractivity contribution >= 4 is 21.0 Å². The average Bonchev–Trinajstić information content (AvgIpc) is 3.11. The normalized spacial score (nSPS) is 14.2. The van der Waals surface area contributed by atoms with Gasteiger partial charge < -0.3 is 14.3 Å². The van der Waals surface area contributed by atoms with E-state index in [1.54, 1.807) is 31.4 Å². The minimum Gasteiger partial charge on any atom is -0.497 e. The van der Waals surface area contributed by atoms with Crippen molar-refractivity contribution in [3.63, 3.8) is 0 Å². The molecule has 144 valence electrons. The second-order valence-electron chi connectivity index (χ2n) is 6.66. The van der Waals surface area contributed by atoms with E-state index in [1.807, 2.05) is 30.3 Å². The number of para-hydroxylation sites is 1. The topological polar surface area (TPSA) is 88.8 Å². The molecule has 1 heterocycles. The van der Waals surface area contributed by atoms with Crippen LogP contribution in [0.25, 0.3) is 11.0 Å². The summed E-state index contributed by atoms with van der Waals surface area (Å²) in [6, 6.07) is 16.4. The highest BCUT2D eigenvalue weighted by Crippen LogP contribution is 2.27. The van der Waals surface area contributed by atoms with Gasteiger partial charge in [-0.1, -0.05) is 30.3 Å². The van der Waals surface area contributed by atoms with Gasteiger partial charge in [-0.2, -0.15) is 0 Å². The van der Waals surface area contributed by atoms with Crippen molar-refractivity contribution in [2.24, 2.45) is 0 Å². The van der Waals surface area contributed by atoms with Crippen LogP contribution in [0, 0.1) is 0 Å². The van der Waals surface area contributed by atoms with Crippen LogP contribution in [0.1, 0.15) is 18.2 Å². The van der Waals surface area contributed by atoms with Crippen LogP contribution in [-0.2, 0) is 22.0 Å². The Balaban J connectivity index is 1.61. The minimum atomic E-state index is -3.55. The zero-order valence-corrected chi connectivity index (χ0v) is 16.1. The highest BCUT2D eigenvalue weighted by Gasteiger charge is 2.29. The molecule has 0 aliphatic carbocycles. The lowest BCUT2D eigenvalue weighted by atomic mass is 10.0. The Kier molecular flexibility index (Phi) is 5.55. The number of hydrogen-bond donors (Lipinski definition) is 2. The van der Waals surface area contributed by atoms with Gasteiger partial charge in [0.1, 0.15) is 22.7 Å². The lowest BCUT2D eigenvalue weighted by molar-refractivity contribution is 0.0412. The number of methoxy groups -OCH3 is 1. The molecule has 1 atom stereocenters. The number of ether oxygens (including phenoxy) is 1. The molecule has 0 aliphatic heterocycles. The van der Waals surface area contributed by atoms with E-state index in [1.165, 1.54) is 6.92 Å². The fourth-order valence-electron chi connectivity index (χ4n) is 2.70. The zero-order chi connectivity index (χ0) is 19.5. The van der Waals surface area contributed by atoms with E-state index in [4.69, 9.17) is 9.15 Å². The summed E-state index contributed by atoms with van der Waals surface area (Å²) in [5.74, 6) is 0.971. The van der Waals surface area contributed by atoms with Gasteiger partial charge in [-0.25, -0.2) is 13.1 Å². The number of aliphatic hydroxyl groups is 1. The van der Waals surface area contributed by atoms with Gasteiger partial charge in [0.05, 0.1) is 12.9 Å². The van der Waals surface area contributed by atoms with Crippen molar-refractivity contribution in [2.45, 2.75) is 18.9 Å². The quantitative estimate of drug-likeness (QED) is 0.618. The molecule has 27 heavy (non-hydrogen) atoms. The summed E-state index contributed by atoms with van der Waals surface area (Å²) in [6.45, 7) is 1.36. The van der Waals surface area contributed by atoms with Crippen LogP contribution in [0.5, 0.6) is 5.75 Å². The predicted molar refractivity (Wildman–Crippen MR) is 104 cm³/mol. The first kappa shape index (κ1) is 19.4. The Labute approximate surface area is 158 Å². The highest BCUT2D eigenvalue weighted by atomic mass is 32.2. The maximum Gasteiger partial charge on any atom is 0.212 e. The van der Waals surface area contributed by atoms with Gasteiger partial charge in [0.25, 0.3) is 0 Å².